The molecule has 0 spiro atoms. The molecule has 6 nitrogen and oxygen atoms in total. The molecule has 0 saturated heterocycles. The number of hydrogen-bond donors (Lipinski definition) is 1. The van der Waals surface area contributed by atoms with Crippen LogP contribution in [-0.2, 0) is 17.9 Å². The van der Waals surface area contributed by atoms with E-state index in [1.165, 1.54) is 0 Å². The van der Waals surface area contributed by atoms with Crippen molar-refractivity contribution in [2.45, 2.75) is 20.1 Å². The molecule has 3 rings (SSSR count). The van der Waals surface area contributed by atoms with E-state index in [9.17, 15) is 0 Å². The number of methoxy groups -OCH3 is 1. The summed E-state index contributed by atoms with van der Waals surface area (Å²) >= 11 is 5.07. The van der Waals surface area contributed by atoms with Crippen LogP contribution in [-0.4, -0.2) is 28.4 Å². The van der Waals surface area contributed by atoms with Gasteiger partial charge in [-0.05, 0) is 0 Å². The van der Waals surface area contributed by atoms with Crippen LogP contribution in [0, 0.1) is 5.92 Å². The molecule has 2 heterocycles. The fraction of sp³-hybridized carbons (Fsp3) is 0.429. The van der Waals surface area contributed by atoms with E-state index in [1.807, 2.05) is 19.1 Å². The average Bonchev–Trinajstić information content (AvgIpc) is 3.01. The lowest BCUT2D eigenvalue weighted by Gasteiger charge is -2.14. The SMILES string of the molecule is COCc1nc2cc3c(cc2n1CC(C)C(N)=S)OCO3. The van der Waals surface area contributed by atoms with Gasteiger partial charge in [0.05, 0.1) is 16.0 Å². The van der Waals surface area contributed by atoms with Gasteiger partial charge in [0, 0.05) is 31.7 Å². The fourth-order valence-corrected chi connectivity index (χ4v) is 2.45. The zero-order valence-electron chi connectivity index (χ0n) is 12.0. The van der Waals surface area contributed by atoms with E-state index in [0.717, 1.165) is 28.4 Å². The van der Waals surface area contributed by atoms with Crippen molar-refractivity contribution in [1.29, 1.82) is 0 Å². The third-order valence-electron chi connectivity index (χ3n) is 3.54. The van der Waals surface area contributed by atoms with E-state index in [1.54, 1.807) is 7.11 Å². The van der Waals surface area contributed by atoms with Crippen LogP contribution in [0.25, 0.3) is 11.0 Å². The van der Waals surface area contributed by atoms with E-state index >= 15 is 0 Å². The highest BCUT2D eigenvalue weighted by Gasteiger charge is 2.20. The van der Waals surface area contributed by atoms with Crippen LogP contribution in [0.15, 0.2) is 12.1 Å². The maximum atomic E-state index is 5.73. The first-order chi connectivity index (χ1) is 10.1. The number of nitrogens with two attached hydrogens (primary N) is 1. The molecule has 1 aromatic heterocycles. The van der Waals surface area contributed by atoms with Gasteiger partial charge in [-0.15, -0.1) is 0 Å². The molecule has 2 N–H and O–H groups in total. The standard InChI is InChI=1S/C14H17N3O3S/c1-8(14(15)21)5-17-10-4-12-11(19-7-20-12)3-9(10)16-13(17)6-18-2/h3-4,8H,5-7H2,1-2H3,(H2,15,21). The summed E-state index contributed by atoms with van der Waals surface area (Å²) in [6, 6.07) is 3.83. The lowest BCUT2D eigenvalue weighted by Crippen LogP contribution is -2.23. The quantitative estimate of drug-likeness (QED) is 0.850. The van der Waals surface area contributed by atoms with Crippen LogP contribution >= 0.6 is 12.2 Å². The summed E-state index contributed by atoms with van der Waals surface area (Å²) < 4.78 is 18.1. The molecule has 1 atom stereocenters. The van der Waals surface area contributed by atoms with Crippen molar-refractivity contribution in [3.8, 4) is 11.5 Å². The maximum Gasteiger partial charge on any atom is 0.231 e. The van der Waals surface area contributed by atoms with Crippen LogP contribution in [0.2, 0.25) is 0 Å². The van der Waals surface area contributed by atoms with Crippen molar-refractivity contribution >= 4 is 28.2 Å². The highest BCUT2D eigenvalue weighted by atomic mass is 32.1. The second-order valence-electron chi connectivity index (χ2n) is 5.07. The number of nitrogens with zero attached hydrogens (tertiary/aromatic N) is 2. The predicted octanol–water partition coefficient (Wildman–Crippen LogP) is 1.83. The highest BCUT2D eigenvalue weighted by molar-refractivity contribution is 7.80. The molecule has 0 radical (unpaired) electrons. The average molecular weight is 307 g/mol. The van der Waals surface area contributed by atoms with Crippen LogP contribution in [0.1, 0.15) is 12.7 Å². The van der Waals surface area contributed by atoms with Gasteiger partial charge in [-0.1, -0.05) is 19.1 Å². The van der Waals surface area contributed by atoms with Gasteiger partial charge in [-0.3, -0.25) is 0 Å². The molecule has 0 fully saturated rings. The summed E-state index contributed by atoms with van der Waals surface area (Å²) in [4.78, 5) is 5.10. The minimum Gasteiger partial charge on any atom is -0.454 e. The van der Waals surface area contributed by atoms with Crippen molar-refractivity contribution in [3.05, 3.63) is 18.0 Å². The molecule has 112 valence electrons. The molecule has 0 bridgehead atoms. The number of aromatic nitrogens is 2. The molecule has 21 heavy (non-hydrogen) atoms. The van der Waals surface area contributed by atoms with Crippen LogP contribution in [0.5, 0.6) is 11.5 Å². The second kappa shape index (κ2) is 5.50. The van der Waals surface area contributed by atoms with E-state index in [0.29, 0.717) is 18.1 Å². The first-order valence-electron chi connectivity index (χ1n) is 6.67. The molecule has 0 saturated carbocycles. The number of ether oxygens (including phenoxy) is 3. The third-order valence-corrected chi connectivity index (χ3v) is 3.94. The zero-order chi connectivity index (χ0) is 15.0. The molecule has 0 amide bonds. The van der Waals surface area contributed by atoms with E-state index in [4.69, 9.17) is 32.2 Å². The van der Waals surface area contributed by atoms with Crippen molar-refractivity contribution in [1.82, 2.24) is 9.55 Å². The number of fused-ring (bicyclic) bond motifs is 2. The van der Waals surface area contributed by atoms with E-state index in [-0.39, 0.29) is 12.7 Å². The molecule has 1 unspecified atom stereocenters. The van der Waals surface area contributed by atoms with E-state index in [2.05, 4.69) is 9.55 Å². The van der Waals surface area contributed by atoms with Crippen molar-refractivity contribution < 1.29 is 14.2 Å². The van der Waals surface area contributed by atoms with Crippen LogP contribution in [0.4, 0.5) is 0 Å². The van der Waals surface area contributed by atoms with Gasteiger partial charge in [0.15, 0.2) is 11.5 Å². The first-order valence-corrected chi connectivity index (χ1v) is 7.08. The molecular formula is C14H17N3O3S. The van der Waals surface area contributed by atoms with Gasteiger partial charge < -0.3 is 24.5 Å². The Kier molecular flexibility index (Phi) is 3.69. The lowest BCUT2D eigenvalue weighted by atomic mass is 10.2. The minimum absolute atomic E-state index is 0.0680. The lowest BCUT2D eigenvalue weighted by molar-refractivity contribution is 0.173. The third kappa shape index (κ3) is 2.54. The monoisotopic (exact) mass is 307 g/mol. The Hall–Kier alpha value is -1.86. The van der Waals surface area contributed by atoms with Gasteiger partial charge in [-0.25, -0.2) is 4.98 Å². The number of rotatable bonds is 5. The minimum atomic E-state index is 0.0680. The smallest absolute Gasteiger partial charge is 0.231 e. The Morgan fingerprint density at radius 2 is 2.19 bits per heavy atom. The summed E-state index contributed by atoms with van der Waals surface area (Å²) in [5.41, 5.74) is 7.55. The van der Waals surface area contributed by atoms with Crippen LogP contribution < -0.4 is 15.2 Å². The first kappa shape index (κ1) is 14.1. The summed E-state index contributed by atoms with van der Waals surface area (Å²) in [5, 5.41) is 0. The number of benzene rings is 1. The van der Waals surface area contributed by atoms with E-state index < -0.39 is 0 Å². The number of hydrogen-bond acceptors (Lipinski definition) is 5. The maximum absolute atomic E-state index is 5.73. The summed E-state index contributed by atoms with van der Waals surface area (Å²) in [6.45, 7) is 3.32. The van der Waals surface area contributed by atoms with Gasteiger partial charge in [-0.2, -0.15) is 0 Å². The van der Waals surface area contributed by atoms with Crippen LogP contribution in [0.3, 0.4) is 0 Å². The Balaban J connectivity index is 2.09. The number of thiocarbonyl (C=S) groups is 1. The van der Waals surface area contributed by atoms with Gasteiger partial charge in [0.1, 0.15) is 12.4 Å². The van der Waals surface area contributed by atoms with Gasteiger partial charge in [0.2, 0.25) is 6.79 Å². The fourth-order valence-electron chi connectivity index (χ4n) is 2.37. The normalized spacial score (nSPS) is 14.6. The molecule has 7 heteroatoms. The summed E-state index contributed by atoms with van der Waals surface area (Å²) in [5.74, 6) is 2.35. The van der Waals surface area contributed by atoms with Crippen molar-refractivity contribution in [2.75, 3.05) is 13.9 Å². The Labute approximate surface area is 127 Å². The largest absolute Gasteiger partial charge is 0.454 e. The zero-order valence-corrected chi connectivity index (χ0v) is 12.8. The second-order valence-corrected chi connectivity index (χ2v) is 5.54. The van der Waals surface area contributed by atoms with Crippen molar-refractivity contribution in [2.24, 2.45) is 11.7 Å². The molecule has 1 aromatic carbocycles. The van der Waals surface area contributed by atoms with Gasteiger partial charge >= 0.3 is 0 Å². The molecule has 1 aliphatic rings. The predicted molar refractivity (Wildman–Crippen MR) is 82.5 cm³/mol. The summed E-state index contributed by atoms with van der Waals surface area (Å²) in [6.07, 6.45) is 0. The number of imidazole rings is 1. The Morgan fingerprint density at radius 3 is 2.86 bits per heavy atom. The van der Waals surface area contributed by atoms with Crippen molar-refractivity contribution in [3.63, 3.8) is 0 Å². The summed E-state index contributed by atoms with van der Waals surface area (Å²) in [7, 11) is 1.65. The molecular weight excluding hydrogens is 290 g/mol. The Morgan fingerprint density at radius 1 is 1.48 bits per heavy atom. The Bertz CT molecular complexity index is 698. The topological polar surface area (TPSA) is 71.5 Å². The molecule has 1 aliphatic heterocycles. The molecule has 0 aliphatic carbocycles. The molecule has 2 aromatic rings. The highest BCUT2D eigenvalue weighted by Crippen LogP contribution is 2.36. The van der Waals surface area contributed by atoms with Gasteiger partial charge in [0.25, 0.3) is 0 Å².